The number of hydrogen-bond donors (Lipinski definition) is 2. The molecule has 10 heteroatoms. The second-order valence-electron chi connectivity index (χ2n) is 7.72. The van der Waals surface area contributed by atoms with Gasteiger partial charge < -0.3 is 14.8 Å². The molecule has 0 unspecified atom stereocenters. The molecule has 1 aliphatic heterocycles. The maximum atomic E-state index is 13.2. The molecule has 1 amide bonds. The van der Waals surface area contributed by atoms with Gasteiger partial charge >= 0.3 is 0 Å². The number of aryl methyl sites for hydroxylation is 1. The highest BCUT2D eigenvalue weighted by atomic mass is 32.2. The predicted octanol–water partition coefficient (Wildman–Crippen LogP) is 2.34. The Labute approximate surface area is 192 Å². The summed E-state index contributed by atoms with van der Waals surface area (Å²) >= 11 is 0. The van der Waals surface area contributed by atoms with Gasteiger partial charge in [-0.05, 0) is 36.8 Å². The fourth-order valence-electron chi connectivity index (χ4n) is 3.65. The van der Waals surface area contributed by atoms with E-state index in [0.717, 1.165) is 11.1 Å². The van der Waals surface area contributed by atoms with E-state index < -0.39 is 10.0 Å². The summed E-state index contributed by atoms with van der Waals surface area (Å²) in [4.78, 5) is 12.6. The highest BCUT2D eigenvalue weighted by Crippen LogP contribution is 2.31. The van der Waals surface area contributed by atoms with Crippen LogP contribution in [0.3, 0.4) is 0 Å². The van der Waals surface area contributed by atoms with Gasteiger partial charge in [0.2, 0.25) is 10.0 Å². The second kappa shape index (κ2) is 9.74. The molecule has 0 saturated carbocycles. The van der Waals surface area contributed by atoms with Crippen molar-refractivity contribution in [2.24, 2.45) is 0 Å². The van der Waals surface area contributed by atoms with Crippen LogP contribution in [0.25, 0.3) is 11.3 Å². The molecule has 174 valence electrons. The summed E-state index contributed by atoms with van der Waals surface area (Å²) in [5, 5.41) is 9.80. The molecular formula is C23H26N4O5S. The summed E-state index contributed by atoms with van der Waals surface area (Å²) < 4.78 is 38.4. The summed E-state index contributed by atoms with van der Waals surface area (Å²) in [5.74, 6) is -0.0539. The summed E-state index contributed by atoms with van der Waals surface area (Å²) in [6.07, 6.45) is 0. The minimum atomic E-state index is -3.78. The summed E-state index contributed by atoms with van der Waals surface area (Å²) in [6, 6.07) is 14.3. The van der Waals surface area contributed by atoms with Crippen LogP contribution in [0, 0.1) is 6.92 Å². The Hall–Kier alpha value is -3.21. The maximum absolute atomic E-state index is 13.2. The van der Waals surface area contributed by atoms with Gasteiger partial charge in [0.15, 0.2) is 0 Å². The monoisotopic (exact) mass is 470 g/mol. The van der Waals surface area contributed by atoms with Crippen molar-refractivity contribution in [3.05, 3.63) is 65.4 Å². The Kier molecular flexibility index (Phi) is 6.77. The first-order valence-corrected chi connectivity index (χ1v) is 12.0. The van der Waals surface area contributed by atoms with Crippen molar-refractivity contribution >= 4 is 15.9 Å². The number of sulfonamides is 1. The molecule has 2 aromatic carbocycles. The molecule has 1 fully saturated rings. The van der Waals surface area contributed by atoms with Crippen LogP contribution in [-0.2, 0) is 21.3 Å². The van der Waals surface area contributed by atoms with Crippen molar-refractivity contribution in [1.82, 2.24) is 19.8 Å². The molecule has 1 saturated heterocycles. The zero-order valence-electron chi connectivity index (χ0n) is 18.5. The quantitative estimate of drug-likeness (QED) is 0.548. The van der Waals surface area contributed by atoms with Crippen molar-refractivity contribution in [2.45, 2.75) is 18.4 Å². The number of morpholine rings is 1. The average molecular weight is 471 g/mol. The third kappa shape index (κ3) is 5.08. The number of H-pyrrole nitrogens is 1. The van der Waals surface area contributed by atoms with Crippen LogP contribution < -0.4 is 10.1 Å². The molecule has 1 aliphatic rings. The number of aromatic amines is 1. The van der Waals surface area contributed by atoms with Gasteiger partial charge in [0.05, 0.1) is 26.0 Å². The van der Waals surface area contributed by atoms with Gasteiger partial charge in [-0.25, -0.2) is 8.42 Å². The Morgan fingerprint density at radius 2 is 1.97 bits per heavy atom. The van der Waals surface area contributed by atoms with Gasteiger partial charge in [0.1, 0.15) is 16.3 Å². The van der Waals surface area contributed by atoms with Crippen LogP contribution in [0.15, 0.2) is 53.4 Å². The molecule has 4 rings (SSSR count). The highest BCUT2D eigenvalue weighted by Gasteiger charge is 2.30. The topological polar surface area (TPSA) is 114 Å². The minimum absolute atomic E-state index is 0.0536. The summed E-state index contributed by atoms with van der Waals surface area (Å²) in [7, 11) is -2.35. The number of methoxy groups -OCH3 is 1. The number of hydrogen-bond acceptors (Lipinski definition) is 6. The van der Waals surface area contributed by atoms with Crippen molar-refractivity contribution in [2.75, 3.05) is 33.4 Å². The zero-order valence-corrected chi connectivity index (χ0v) is 19.3. The van der Waals surface area contributed by atoms with Gasteiger partial charge in [-0.1, -0.05) is 29.8 Å². The lowest BCUT2D eigenvalue weighted by molar-refractivity contribution is 0.0729. The Morgan fingerprint density at radius 1 is 1.18 bits per heavy atom. The van der Waals surface area contributed by atoms with Gasteiger partial charge in [0, 0.05) is 25.2 Å². The number of benzene rings is 2. The first-order valence-electron chi connectivity index (χ1n) is 10.5. The number of carbonyl (C=O) groups is 1. The van der Waals surface area contributed by atoms with Gasteiger partial charge in [0.25, 0.3) is 5.91 Å². The Balaban J connectivity index is 1.55. The molecule has 2 N–H and O–H groups in total. The van der Waals surface area contributed by atoms with E-state index in [4.69, 9.17) is 9.47 Å². The Morgan fingerprint density at radius 3 is 2.70 bits per heavy atom. The zero-order chi connectivity index (χ0) is 23.4. The van der Waals surface area contributed by atoms with Crippen LogP contribution in [0.1, 0.15) is 21.6 Å². The number of nitrogens with one attached hydrogen (secondary N) is 2. The highest BCUT2D eigenvalue weighted by molar-refractivity contribution is 7.89. The predicted molar refractivity (Wildman–Crippen MR) is 123 cm³/mol. The fourth-order valence-corrected chi connectivity index (χ4v) is 5.24. The lowest BCUT2D eigenvalue weighted by Crippen LogP contribution is -2.40. The lowest BCUT2D eigenvalue weighted by atomic mass is 10.1. The number of rotatable bonds is 7. The van der Waals surface area contributed by atoms with Crippen molar-refractivity contribution in [1.29, 1.82) is 0 Å². The van der Waals surface area contributed by atoms with Gasteiger partial charge in [-0.15, -0.1) is 0 Å². The molecule has 9 nitrogen and oxygen atoms in total. The van der Waals surface area contributed by atoms with E-state index in [1.807, 2.05) is 31.2 Å². The number of amides is 1. The molecule has 1 aromatic heterocycles. The maximum Gasteiger partial charge on any atom is 0.269 e. The van der Waals surface area contributed by atoms with E-state index in [0.29, 0.717) is 31.0 Å². The largest absolute Gasteiger partial charge is 0.495 e. The van der Waals surface area contributed by atoms with E-state index in [2.05, 4.69) is 15.5 Å². The van der Waals surface area contributed by atoms with E-state index in [1.54, 1.807) is 18.2 Å². The molecule has 0 bridgehead atoms. The fraction of sp³-hybridized carbons (Fsp3) is 0.304. The van der Waals surface area contributed by atoms with Crippen LogP contribution in [0.4, 0.5) is 0 Å². The normalized spacial score (nSPS) is 14.7. The minimum Gasteiger partial charge on any atom is -0.495 e. The van der Waals surface area contributed by atoms with Crippen LogP contribution in [0.2, 0.25) is 0 Å². The molecule has 0 radical (unpaired) electrons. The smallest absolute Gasteiger partial charge is 0.269 e. The Bertz CT molecular complexity index is 1250. The van der Waals surface area contributed by atoms with Crippen molar-refractivity contribution < 1.29 is 22.7 Å². The second-order valence-corrected chi connectivity index (χ2v) is 9.63. The molecular weight excluding hydrogens is 444 g/mol. The van der Waals surface area contributed by atoms with Gasteiger partial charge in [-0.2, -0.15) is 9.40 Å². The van der Waals surface area contributed by atoms with E-state index in [1.165, 1.54) is 17.5 Å². The molecule has 3 aromatic rings. The summed E-state index contributed by atoms with van der Waals surface area (Å²) in [6.45, 7) is 3.64. The number of nitrogens with zero attached hydrogens (tertiary/aromatic N) is 2. The molecule has 0 spiro atoms. The van der Waals surface area contributed by atoms with Crippen LogP contribution in [-0.4, -0.2) is 62.2 Å². The van der Waals surface area contributed by atoms with E-state index in [9.17, 15) is 13.2 Å². The van der Waals surface area contributed by atoms with Gasteiger partial charge in [-0.3, -0.25) is 9.89 Å². The first-order chi connectivity index (χ1) is 15.9. The molecule has 0 aliphatic carbocycles. The van der Waals surface area contributed by atoms with Crippen molar-refractivity contribution in [3.63, 3.8) is 0 Å². The van der Waals surface area contributed by atoms with E-state index >= 15 is 0 Å². The number of aromatic nitrogens is 2. The molecule has 33 heavy (non-hydrogen) atoms. The molecule has 2 heterocycles. The lowest BCUT2D eigenvalue weighted by Gasteiger charge is -2.26. The van der Waals surface area contributed by atoms with Crippen LogP contribution >= 0.6 is 0 Å². The summed E-state index contributed by atoms with van der Waals surface area (Å²) in [5.41, 5.74) is 3.41. The third-order valence-corrected chi connectivity index (χ3v) is 7.33. The third-order valence-electron chi connectivity index (χ3n) is 5.41. The van der Waals surface area contributed by atoms with Crippen molar-refractivity contribution in [3.8, 4) is 17.0 Å². The average Bonchev–Trinajstić information content (AvgIpc) is 3.33. The standard InChI is InChI=1S/C23H26N4O5S/c1-16-4-3-5-17(12-16)15-24-23(28)20-14-19(25-26-20)18-6-7-21(31-2)22(13-18)33(29,30)27-8-10-32-11-9-27/h3-7,12-14H,8-11,15H2,1-2H3,(H,24,28)(H,25,26). The number of carbonyl (C=O) groups excluding carboxylic acids is 1. The number of ether oxygens (including phenoxy) is 2. The SMILES string of the molecule is COc1ccc(-c2cc(C(=O)NCc3cccc(C)c3)[nH]n2)cc1S(=O)(=O)N1CCOCC1. The first kappa shape index (κ1) is 23.0. The molecule has 0 atom stereocenters. The van der Waals surface area contributed by atoms with Crippen LogP contribution in [0.5, 0.6) is 5.75 Å². The van der Waals surface area contributed by atoms with E-state index in [-0.39, 0.29) is 35.3 Å².